The molecule has 1 heterocycles. The third kappa shape index (κ3) is 8.27. The number of hydrogen-bond acceptors (Lipinski definition) is 6. The molecule has 12 heteroatoms. The molecule has 32 heavy (non-hydrogen) atoms. The number of carboxylic acids is 2. The minimum Gasteiger partial charge on any atom is -0.480 e. The number of hydrogen-bond donors (Lipinski definition) is 4. The summed E-state index contributed by atoms with van der Waals surface area (Å²) in [6.07, 6.45) is -0.527. The number of benzene rings is 1. The molecular weight excluding hydrogens is 451 g/mol. The number of primary amides is 1. The number of amides is 1. The summed E-state index contributed by atoms with van der Waals surface area (Å²) < 4.78 is 31.7. The van der Waals surface area contributed by atoms with E-state index in [4.69, 9.17) is 26.5 Å². The number of alkyl halides is 3. The van der Waals surface area contributed by atoms with Gasteiger partial charge in [-0.2, -0.15) is 13.2 Å². The molecule has 1 aliphatic rings. The fraction of sp³-hybridized carbons (Fsp3) is 0.400. The van der Waals surface area contributed by atoms with Gasteiger partial charge < -0.3 is 21.7 Å². The Kier molecular flexibility index (Phi) is 10.3. The summed E-state index contributed by atoms with van der Waals surface area (Å²) in [5.74, 6) is -3.55. The van der Waals surface area contributed by atoms with Gasteiger partial charge in [-0.3, -0.25) is 9.59 Å². The smallest absolute Gasteiger partial charge is 0.480 e. The molecule has 0 saturated heterocycles. The first-order chi connectivity index (χ1) is 14.9. The molecular formula is C20H24F3N3O5S. The van der Waals surface area contributed by atoms with Gasteiger partial charge in [0, 0.05) is 4.88 Å². The molecule has 2 atom stereocenters. The van der Waals surface area contributed by atoms with E-state index >= 15 is 0 Å². The first-order valence-corrected chi connectivity index (χ1v) is 10.3. The second-order valence-corrected chi connectivity index (χ2v) is 7.75. The van der Waals surface area contributed by atoms with Gasteiger partial charge in [-0.25, -0.2) is 9.78 Å². The van der Waals surface area contributed by atoms with Crippen molar-refractivity contribution >= 4 is 29.2 Å². The fourth-order valence-corrected chi connectivity index (χ4v) is 3.99. The minimum absolute atomic E-state index is 0.390. The van der Waals surface area contributed by atoms with E-state index in [1.54, 1.807) is 24.3 Å². The zero-order valence-electron chi connectivity index (χ0n) is 17.1. The number of halogens is 3. The van der Waals surface area contributed by atoms with Crippen molar-refractivity contribution < 1.29 is 37.8 Å². The lowest BCUT2D eigenvalue weighted by Gasteiger charge is -2.18. The number of aliphatic carboxylic acids is 2. The third-order valence-corrected chi connectivity index (χ3v) is 5.71. The van der Waals surface area contributed by atoms with Gasteiger partial charge in [0.05, 0.1) is 5.69 Å². The maximum absolute atomic E-state index is 11.0. The van der Waals surface area contributed by atoms with Gasteiger partial charge in [0.25, 0.3) is 5.91 Å². The maximum atomic E-state index is 11.0. The van der Waals surface area contributed by atoms with Crippen LogP contribution in [0.3, 0.4) is 0 Å². The number of nitrogens with two attached hydrogens (primary N) is 2. The van der Waals surface area contributed by atoms with Crippen LogP contribution in [0.25, 0.3) is 0 Å². The van der Waals surface area contributed by atoms with E-state index in [0.717, 1.165) is 18.5 Å². The predicted octanol–water partition coefficient (Wildman–Crippen LogP) is 3.48. The molecule has 0 saturated carbocycles. The first-order valence-electron chi connectivity index (χ1n) is 9.51. The molecule has 0 bridgehead atoms. The zero-order valence-corrected chi connectivity index (χ0v) is 17.9. The fourth-order valence-electron chi connectivity index (χ4n) is 2.81. The van der Waals surface area contributed by atoms with Crippen LogP contribution >= 0.6 is 11.3 Å². The highest BCUT2D eigenvalue weighted by Gasteiger charge is 2.38. The zero-order chi connectivity index (χ0) is 24.5. The Morgan fingerprint density at radius 3 is 2.22 bits per heavy atom. The predicted molar refractivity (Wildman–Crippen MR) is 111 cm³/mol. The van der Waals surface area contributed by atoms with Gasteiger partial charge in [-0.15, -0.1) is 11.3 Å². The van der Waals surface area contributed by atoms with E-state index in [1.165, 1.54) is 29.1 Å². The average Bonchev–Trinajstić information content (AvgIpc) is 3.19. The number of aromatic nitrogens is 1. The van der Waals surface area contributed by atoms with Gasteiger partial charge >= 0.3 is 18.1 Å². The van der Waals surface area contributed by atoms with E-state index < -0.39 is 24.2 Å². The van der Waals surface area contributed by atoms with Crippen LogP contribution in [0.15, 0.2) is 30.3 Å². The molecule has 1 amide bonds. The number of thiazole rings is 1. The average molecular weight is 475 g/mol. The standard InChI is InChI=1S/C10H14N2OS.C8H9NO2.C2HF3O2/c1-2-6-4-3-5-7-8(6)14-10(12-7)9(11)13;9-7(8(10)11)6-4-2-1-3-5-6;3-2(4,5)1(6)7/h6H,2-5H2,1H3,(H2,11,13);1-5,7H,9H2,(H,10,11);(H,6,7)/t;7-;/m.0./s1. The lowest BCUT2D eigenvalue weighted by molar-refractivity contribution is -0.192. The molecule has 2 aromatic rings. The Balaban J connectivity index is 0.000000256. The van der Waals surface area contributed by atoms with Crippen LogP contribution in [0.2, 0.25) is 0 Å². The van der Waals surface area contributed by atoms with Crippen molar-refractivity contribution in [2.24, 2.45) is 11.5 Å². The van der Waals surface area contributed by atoms with E-state index in [9.17, 15) is 22.8 Å². The largest absolute Gasteiger partial charge is 0.490 e. The first kappa shape index (κ1) is 27.0. The molecule has 0 aliphatic heterocycles. The van der Waals surface area contributed by atoms with Gasteiger partial charge in [0.15, 0.2) is 5.01 Å². The lowest BCUT2D eigenvalue weighted by atomic mass is 9.90. The Morgan fingerprint density at radius 1 is 1.22 bits per heavy atom. The molecule has 1 aliphatic carbocycles. The second-order valence-electron chi connectivity index (χ2n) is 6.72. The summed E-state index contributed by atoms with van der Waals surface area (Å²) in [5, 5.41) is 16.1. The molecule has 8 nitrogen and oxygen atoms in total. The summed E-state index contributed by atoms with van der Waals surface area (Å²) >= 11 is 1.49. The Labute approximate surface area is 186 Å². The van der Waals surface area contributed by atoms with E-state index in [-0.39, 0.29) is 5.91 Å². The monoisotopic (exact) mass is 475 g/mol. The van der Waals surface area contributed by atoms with Crippen LogP contribution in [0.4, 0.5) is 13.2 Å². The van der Waals surface area contributed by atoms with Crippen LogP contribution < -0.4 is 11.5 Å². The van der Waals surface area contributed by atoms with Crippen molar-refractivity contribution in [3.8, 4) is 0 Å². The number of carboxylic acid groups (broad SMARTS) is 2. The Bertz CT molecular complexity index is 919. The summed E-state index contributed by atoms with van der Waals surface area (Å²) in [6.45, 7) is 2.18. The van der Waals surface area contributed by atoms with Gasteiger partial charge in [0.2, 0.25) is 0 Å². The molecule has 1 aromatic heterocycles. The summed E-state index contributed by atoms with van der Waals surface area (Å²) in [6, 6.07) is 7.82. The maximum Gasteiger partial charge on any atom is 0.490 e. The molecule has 176 valence electrons. The van der Waals surface area contributed by atoms with E-state index in [0.29, 0.717) is 16.5 Å². The van der Waals surface area contributed by atoms with Crippen LogP contribution in [-0.2, 0) is 16.0 Å². The quantitative estimate of drug-likeness (QED) is 0.527. The number of aryl methyl sites for hydroxylation is 1. The van der Waals surface area contributed by atoms with Crippen LogP contribution in [0.5, 0.6) is 0 Å². The number of rotatable bonds is 4. The Morgan fingerprint density at radius 2 is 1.78 bits per heavy atom. The van der Waals surface area contributed by atoms with Crippen molar-refractivity contribution in [2.45, 2.75) is 50.7 Å². The number of fused-ring (bicyclic) bond motifs is 1. The molecule has 1 unspecified atom stereocenters. The normalized spacial score (nSPS) is 15.7. The lowest BCUT2D eigenvalue weighted by Crippen LogP contribution is -2.21. The summed E-state index contributed by atoms with van der Waals surface area (Å²) in [5.41, 5.74) is 12.3. The van der Waals surface area contributed by atoms with Crippen LogP contribution in [0, 0.1) is 0 Å². The highest BCUT2D eigenvalue weighted by molar-refractivity contribution is 7.13. The molecule has 0 radical (unpaired) electrons. The topological polar surface area (TPSA) is 157 Å². The van der Waals surface area contributed by atoms with Gasteiger partial charge in [0.1, 0.15) is 6.04 Å². The number of carbonyl (C=O) groups is 3. The molecule has 0 spiro atoms. The van der Waals surface area contributed by atoms with E-state index in [2.05, 4.69) is 11.9 Å². The van der Waals surface area contributed by atoms with Crippen LogP contribution in [-0.4, -0.2) is 39.2 Å². The minimum atomic E-state index is -5.08. The molecule has 3 rings (SSSR count). The van der Waals surface area contributed by atoms with Crippen molar-refractivity contribution in [1.29, 1.82) is 0 Å². The summed E-state index contributed by atoms with van der Waals surface area (Å²) in [7, 11) is 0. The van der Waals surface area contributed by atoms with Crippen LogP contribution in [0.1, 0.15) is 64.1 Å². The van der Waals surface area contributed by atoms with Crippen molar-refractivity contribution in [1.82, 2.24) is 4.98 Å². The highest BCUT2D eigenvalue weighted by Crippen LogP contribution is 2.37. The van der Waals surface area contributed by atoms with E-state index in [1.807, 2.05) is 6.07 Å². The Hall–Kier alpha value is -2.99. The van der Waals surface area contributed by atoms with Crippen molar-refractivity contribution in [3.05, 3.63) is 51.5 Å². The molecule has 0 fully saturated rings. The van der Waals surface area contributed by atoms with Crippen molar-refractivity contribution in [3.63, 3.8) is 0 Å². The highest BCUT2D eigenvalue weighted by atomic mass is 32.1. The van der Waals surface area contributed by atoms with Gasteiger partial charge in [-0.05, 0) is 37.2 Å². The van der Waals surface area contributed by atoms with Gasteiger partial charge in [-0.1, -0.05) is 37.3 Å². The number of carbonyl (C=O) groups excluding carboxylic acids is 1. The molecule has 1 aromatic carbocycles. The third-order valence-electron chi connectivity index (χ3n) is 4.44. The SMILES string of the molecule is CCC1CCCc2nc(C(N)=O)sc21.N[C@H](C(=O)O)c1ccccc1.O=C(O)C(F)(F)F. The van der Waals surface area contributed by atoms with Crippen molar-refractivity contribution in [2.75, 3.05) is 0 Å². The molecule has 6 N–H and O–H groups in total. The summed E-state index contributed by atoms with van der Waals surface area (Å²) in [4.78, 5) is 35.8. The number of nitrogens with zero attached hydrogens (tertiary/aromatic N) is 1. The second kappa shape index (κ2) is 12.2.